The van der Waals surface area contributed by atoms with Crippen LogP contribution in [0.3, 0.4) is 0 Å². The Morgan fingerprint density at radius 2 is 1.64 bits per heavy atom. The number of benzene rings is 1. The van der Waals surface area contributed by atoms with Crippen molar-refractivity contribution >= 4 is 23.7 Å². The molecule has 0 bridgehead atoms. The second kappa shape index (κ2) is 9.48. The van der Waals surface area contributed by atoms with Gasteiger partial charge in [0, 0.05) is 6.04 Å². The third kappa shape index (κ3) is 4.97. The highest BCUT2D eigenvalue weighted by Gasteiger charge is 2.43. The van der Waals surface area contributed by atoms with Gasteiger partial charge in [-0.05, 0) is 37.8 Å². The van der Waals surface area contributed by atoms with Crippen LogP contribution in [0.4, 0.5) is 0 Å². The van der Waals surface area contributed by atoms with Gasteiger partial charge in [0.1, 0.15) is 6.04 Å². The highest BCUT2D eigenvalue weighted by atomic mass is 16.5. The van der Waals surface area contributed by atoms with E-state index < -0.39 is 36.3 Å². The minimum atomic E-state index is -1.06. The van der Waals surface area contributed by atoms with Gasteiger partial charge in [-0.3, -0.25) is 19.3 Å². The maximum absolute atomic E-state index is 12.7. The number of rotatable bonds is 9. The number of hydrogen-bond acceptors (Lipinski definition) is 5. The van der Waals surface area contributed by atoms with Crippen LogP contribution in [0.15, 0.2) is 24.3 Å². The summed E-state index contributed by atoms with van der Waals surface area (Å²) in [5.74, 6) is -2.13. The molecule has 1 aromatic rings. The predicted octanol–water partition coefficient (Wildman–Crippen LogP) is 2.55. The number of esters is 1. The van der Waals surface area contributed by atoms with Gasteiger partial charge in [0.05, 0.1) is 11.1 Å². The van der Waals surface area contributed by atoms with Crippen LogP contribution in [0.1, 0.15) is 67.7 Å². The number of carbonyl (C=O) groups excluding carboxylic acids is 4. The molecule has 2 unspecified atom stereocenters. The fourth-order valence-electron chi connectivity index (χ4n) is 3.30. The summed E-state index contributed by atoms with van der Waals surface area (Å²) in [7, 11) is 0. The van der Waals surface area contributed by atoms with E-state index in [0.717, 1.165) is 17.7 Å². The van der Waals surface area contributed by atoms with Crippen molar-refractivity contribution in [3.63, 3.8) is 0 Å². The Morgan fingerprint density at radius 1 is 1.07 bits per heavy atom. The van der Waals surface area contributed by atoms with E-state index in [1.807, 2.05) is 27.7 Å². The molecule has 0 saturated heterocycles. The summed E-state index contributed by atoms with van der Waals surface area (Å²) in [5.41, 5.74) is 0.556. The molecule has 0 fully saturated rings. The van der Waals surface area contributed by atoms with Crippen molar-refractivity contribution in [2.24, 2.45) is 5.92 Å². The summed E-state index contributed by atoms with van der Waals surface area (Å²) in [6.45, 7) is 7.23. The maximum Gasteiger partial charge on any atom is 0.329 e. The molecule has 152 valence electrons. The summed E-state index contributed by atoms with van der Waals surface area (Å²) in [6.07, 6.45) is 2.01. The SMILES string of the molecule is CCCC(C)NC(=O)COC(=O)C(CC(C)C)N1C(=O)c2ccccc2C1=O. The zero-order valence-electron chi connectivity index (χ0n) is 16.9. The van der Waals surface area contributed by atoms with Crippen molar-refractivity contribution in [3.8, 4) is 0 Å². The first-order valence-electron chi connectivity index (χ1n) is 9.69. The fourth-order valence-corrected chi connectivity index (χ4v) is 3.30. The zero-order chi connectivity index (χ0) is 20.8. The highest BCUT2D eigenvalue weighted by Crippen LogP contribution is 2.27. The first-order valence-corrected chi connectivity index (χ1v) is 9.69. The Hall–Kier alpha value is -2.70. The average molecular weight is 388 g/mol. The molecule has 7 heteroatoms. The van der Waals surface area contributed by atoms with Crippen molar-refractivity contribution in [1.29, 1.82) is 0 Å². The summed E-state index contributed by atoms with van der Waals surface area (Å²) in [4.78, 5) is 51.0. The van der Waals surface area contributed by atoms with E-state index in [4.69, 9.17) is 4.74 Å². The van der Waals surface area contributed by atoms with E-state index in [1.54, 1.807) is 24.3 Å². The molecule has 0 aromatic heterocycles. The fraction of sp³-hybridized carbons (Fsp3) is 0.524. The van der Waals surface area contributed by atoms with Crippen molar-refractivity contribution in [2.75, 3.05) is 6.61 Å². The highest BCUT2D eigenvalue weighted by molar-refractivity contribution is 6.22. The van der Waals surface area contributed by atoms with Crippen LogP contribution in [-0.2, 0) is 14.3 Å². The van der Waals surface area contributed by atoms with E-state index in [2.05, 4.69) is 5.32 Å². The second-order valence-electron chi connectivity index (χ2n) is 7.54. The Bertz CT molecular complexity index is 724. The summed E-state index contributed by atoms with van der Waals surface area (Å²) in [6, 6.07) is 5.40. The monoisotopic (exact) mass is 388 g/mol. The third-order valence-electron chi connectivity index (χ3n) is 4.58. The van der Waals surface area contributed by atoms with Gasteiger partial charge in [-0.25, -0.2) is 4.79 Å². The van der Waals surface area contributed by atoms with E-state index in [-0.39, 0.29) is 29.5 Å². The molecule has 1 aliphatic rings. The quantitative estimate of drug-likeness (QED) is 0.518. The minimum Gasteiger partial charge on any atom is -0.454 e. The van der Waals surface area contributed by atoms with Gasteiger partial charge in [-0.1, -0.05) is 39.3 Å². The lowest BCUT2D eigenvalue weighted by atomic mass is 10.0. The lowest BCUT2D eigenvalue weighted by Crippen LogP contribution is -2.47. The number of nitrogens with zero attached hydrogens (tertiary/aromatic N) is 1. The first kappa shape index (κ1) is 21.6. The number of ether oxygens (including phenoxy) is 1. The number of fused-ring (bicyclic) bond motifs is 1. The normalized spacial score (nSPS) is 15.4. The molecule has 1 aromatic carbocycles. The maximum atomic E-state index is 12.7. The Morgan fingerprint density at radius 3 is 2.14 bits per heavy atom. The van der Waals surface area contributed by atoms with Crippen LogP contribution in [0, 0.1) is 5.92 Å². The number of carbonyl (C=O) groups is 4. The molecule has 1 aliphatic heterocycles. The van der Waals surface area contributed by atoms with Crippen LogP contribution in [0.25, 0.3) is 0 Å². The summed E-state index contributed by atoms with van der Waals surface area (Å²) >= 11 is 0. The lowest BCUT2D eigenvalue weighted by molar-refractivity contribution is -0.153. The van der Waals surface area contributed by atoms with E-state index in [9.17, 15) is 19.2 Å². The largest absolute Gasteiger partial charge is 0.454 e. The zero-order valence-corrected chi connectivity index (χ0v) is 16.9. The van der Waals surface area contributed by atoms with Crippen LogP contribution in [0.5, 0.6) is 0 Å². The molecule has 1 N–H and O–H groups in total. The molecule has 0 saturated carbocycles. The van der Waals surface area contributed by atoms with Crippen LogP contribution >= 0.6 is 0 Å². The number of amides is 3. The number of hydrogen-bond donors (Lipinski definition) is 1. The molecular formula is C21H28N2O5. The molecule has 0 radical (unpaired) electrons. The smallest absolute Gasteiger partial charge is 0.329 e. The summed E-state index contributed by atoms with van der Waals surface area (Å²) < 4.78 is 5.16. The molecule has 2 rings (SSSR count). The molecule has 1 heterocycles. The summed E-state index contributed by atoms with van der Waals surface area (Å²) in [5, 5.41) is 2.75. The van der Waals surface area contributed by atoms with Crippen molar-refractivity contribution in [1.82, 2.24) is 10.2 Å². The molecule has 3 amide bonds. The Kier molecular flexibility index (Phi) is 7.31. The van der Waals surface area contributed by atoms with Gasteiger partial charge in [-0.15, -0.1) is 0 Å². The van der Waals surface area contributed by atoms with E-state index in [1.165, 1.54) is 0 Å². The molecule has 7 nitrogen and oxygen atoms in total. The average Bonchev–Trinajstić information content (AvgIpc) is 2.89. The Labute approximate surface area is 165 Å². The van der Waals surface area contributed by atoms with Gasteiger partial charge in [0.15, 0.2) is 6.61 Å². The van der Waals surface area contributed by atoms with Gasteiger partial charge in [0.25, 0.3) is 17.7 Å². The van der Waals surface area contributed by atoms with Gasteiger partial charge in [0.2, 0.25) is 0 Å². The molecule has 0 aliphatic carbocycles. The van der Waals surface area contributed by atoms with Crippen LogP contribution < -0.4 is 5.32 Å². The second-order valence-corrected chi connectivity index (χ2v) is 7.54. The van der Waals surface area contributed by atoms with Crippen LogP contribution in [-0.4, -0.2) is 47.3 Å². The standard InChI is InChI=1S/C21H28N2O5/c1-5-8-14(4)22-18(24)12-28-21(27)17(11-13(2)3)23-19(25)15-9-6-7-10-16(15)20(23)26/h6-7,9-10,13-14,17H,5,8,11-12H2,1-4H3,(H,22,24). The van der Waals surface area contributed by atoms with E-state index in [0.29, 0.717) is 0 Å². The minimum absolute atomic E-state index is 0.0149. The van der Waals surface area contributed by atoms with Crippen molar-refractivity contribution in [2.45, 2.75) is 59.0 Å². The van der Waals surface area contributed by atoms with E-state index >= 15 is 0 Å². The molecule has 2 atom stereocenters. The molecule has 0 spiro atoms. The predicted molar refractivity (Wildman–Crippen MR) is 104 cm³/mol. The third-order valence-corrected chi connectivity index (χ3v) is 4.58. The van der Waals surface area contributed by atoms with Crippen molar-refractivity contribution < 1.29 is 23.9 Å². The van der Waals surface area contributed by atoms with Crippen molar-refractivity contribution in [3.05, 3.63) is 35.4 Å². The number of imide groups is 1. The van der Waals surface area contributed by atoms with Gasteiger partial charge >= 0.3 is 5.97 Å². The van der Waals surface area contributed by atoms with Gasteiger partial charge < -0.3 is 10.1 Å². The lowest BCUT2D eigenvalue weighted by Gasteiger charge is -2.26. The first-order chi connectivity index (χ1) is 13.3. The molecular weight excluding hydrogens is 360 g/mol. The Balaban J connectivity index is 2.10. The van der Waals surface area contributed by atoms with Gasteiger partial charge in [-0.2, -0.15) is 0 Å². The van der Waals surface area contributed by atoms with Crippen LogP contribution in [0.2, 0.25) is 0 Å². The topological polar surface area (TPSA) is 92.8 Å². The number of nitrogens with one attached hydrogen (secondary N) is 1. The molecule has 28 heavy (non-hydrogen) atoms.